The number of carbonyl (C=O) groups excluding carboxylic acids is 3. The number of fused-ring (bicyclic) bond motifs is 3. The molecule has 3 amide bonds. The SMILES string of the molecule is CCC[C@H](C(N)=O)[C@@H](CC1CCC1)C(=O)NC1C(=O)N(Cc2cccc(-c3ccc(Cl)cc3Cl)c2)c2ccccc2-c2ccccc21. The molecule has 0 saturated heterocycles. The minimum atomic E-state index is -0.959. The lowest BCUT2D eigenvalue weighted by molar-refractivity contribution is -0.136. The number of halogens is 2. The number of nitrogens with zero attached hydrogens (tertiary/aromatic N) is 1. The molecule has 1 unspecified atom stereocenters. The van der Waals surface area contributed by atoms with Crippen LogP contribution in [0.4, 0.5) is 5.69 Å². The average molecular weight is 669 g/mol. The second-order valence-electron chi connectivity index (χ2n) is 12.7. The summed E-state index contributed by atoms with van der Waals surface area (Å²) in [6, 6.07) is 27.9. The first-order chi connectivity index (χ1) is 22.7. The minimum absolute atomic E-state index is 0.251. The van der Waals surface area contributed by atoms with Gasteiger partial charge in [0, 0.05) is 33.0 Å². The van der Waals surface area contributed by atoms with Gasteiger partial charge in [0.1, 0.15) is 6.04 Å². The van der Waals surface area contributed by atoms with Gasteiger partial charge in [-0.25, -0.2) is 0 Å². The van der Waals surface area contributed by atoms with Crippen molar-refractivity contribution in [2.45, 2.75) is 58.0 Å². The minimum Gasteiger partial charge on any atom is -0.369 e. The molecule has 0 spiro atoms. The molecule has 242 valence electrons. The van der Waals surface area contributed by atoms with E-state index < -0.39 is 23.8 Å². The van der Waals surface area contributed by atoms with Crippen LogP contribution in [0.1, 0.15) is 62.6 Å². The lowest BCUT2D eigenvalue weighted by Gasteiger charge is -2.33. The second-order valence-corrected chi connectivity index (χ2v) is 13.6. The molecule has 6 rings (SSSR count). The van der Waals surface area contributed by atoms with Crippen molar-refractivity contribution in [3.8, 4) is 22.3 Å². The number of amides is 3. The van der Waals surface area contributed by atoms with E-state index in [1.807, 2.05) is 85.8 Å². The van der Waals surface area contributed by atoms with Crippen LogP contribution in [0.15, 0.2) is 91.0 Å². The third kappa shape index (κ3) is 6.95. The Labute approximate surface area is 286 Å². The third-order valence-corrected chi connectivity index (χ3v) is 10.2. The van der Waals surface area contributed by atoms with Gasteiger partial charge in [0.05, 0.1) is 12.2 Å². The summed E-state index contributed by atoms with van der Waals surface area (Å²) in [6.45, 7) is 2.25. The Hall–Kier alpha value is -4.13. The van der Waals surface area contributed by atoms with Crippen LogP contribution in [-0.2, 0) is 20.9 Å². The Morgan fingerprint density at radius 2 is 1.64 bits per heavy atom. The molecule has 1 heterocycles. The molecule has 3 N–H and O–H groups in total. The summed E-state index contributed by atoms with van der Waals surface area (Å²) in [5.74, 6) is -1.82. The zero-order chi connectivity index (χ0) is 33.1. The molecule has 4 aromatic rings. The van der Waals surface area contributed by atoms with Crippen LogP contribution in [0.2, 0.25) is 10.0 Å². The number of rotatable bonds is 11. The standard InChI is InChI=1S/C39H39Cl2N3O3/c1-2-9-32(37(42)45)33(21-24-10-7-11-24)38(46)43-36-31-16-4-3-14-29(31)30-15-5-6-17-35(30)44(39(36)47)23-25-12-8-13-26(20-25)28-19-18-27(40)22-34(28)41/h3-6,8,12-20,22,24,32-33,36H,2,7,9-11,21,23H2,1H3,(H2,42,45)(H,43,46)/t32-,33+,36?/m0/s1. The summed E-state index contributed by atoms with van der Waals surface area (Å²) in [6.07, 6.45) is 5.05. The van der Waals surface area contributed by atoms with E-state index in [2.05, 4.69) is 5.32 Å². The monoisotopic (exact) mass is 667 g/mol. The molecule has 6 nitrogen and oxygen atoms in total. The fourth-order valence-electron chi connectivity index (χ4n) is 7.03. The van der Waals surface area contributed by atoms with E-state index >= 15 is 0 Å². The van der Waals surface area contributed by atoms with Gasteiger partial charge in [-0.05, 0) is 65.3 Å². The van der Waals surface area contributed by atoms with Crippen molar-refractivity contribution in [3.63, 3.8) is 0 Å². The van der Waals surface area contributed by atoms with Gasteiger partial charge in [-0.1, -0.05) is 123 Å². The molecule has 0 bridgehead atoms. The zero-order valence-corrected chi connectivity index (χ0v) is 27.9. The molecular formula is C39H39Cl2N3O3. The van der Waals surface area contributed by atoms with Crippen LogP contribution < -0.4 is 16.0 Å². The molecule has 0 radical (unpaired) electrons. The van der Waals surface area contributed by atoms with Crippen molar-refractivity contribution in [3.05, 3.63) is 112 Å². The molecular weight excluding hydrogens is 629 g/mol. The smallest absolute Gasteiger partial charge is 0.254 e. The van der Waals surface area contributed by atoms with Gasteiger partial charge < -0.3 is 16.0 Å². The lowest BCUT2D eigenvalue weighted by Crippen LogP contribution is -2.47. The summed E-state index contributed by atoms with van der Waals surface area (Å²) >= 11 is 12.7. The van der Waals surface area contributed by atoms with E-state index in [1.165, 1.54) is 0 Å². The van der Waals surface area contributed by atoms with Gasteiger partial charge in [-0.2, -0.15) is 0 Å². The zero-order valence-electron chi connectivity index (χ0n) is 26.4. The summed E-state index contributed by atoms with van der Waals surface area (Å²) in [7, 11) is 0. The summed E-state index contributed by atoms with van der Waals surface area (Å²) < 4.78 is 0. The van der Waals surface area contributed by atoms with Crippen LogP contribution in [0.5, 0.6) is 0 Å². The molecule has 1 aliphatic heterocycles. The maximum absolute atomic E-state index is 14.8. The summed E-state index contributed by atoms with van der Waals surface area (Å²) in [5.41, 5.74) is 11.8. The van der Waals surface area contributed by atoms with Crippen LogP contribution in [-0.4, -0.2) is 17.7 Å². The largest absolute Gasteiger partial charge is 0.369 e. The van der Waals surface area contributed by atoms with Crippen molar-refractivity contribution in [1.29, 1.82) is 0 Å². The number of carbonyl (C=O) groups is 3. The number of anilines is 1. The first-order valence-electron chi connectivity index (χ1n) is 16.4. The third-order valence-electron chi connectivity index (χ3n) is 9.67. The van der Waals surface area contributed by atoms with Gasteiger partial charge >= 0.3 is 0 Å². The summed E-state index contributed by atoms with van der Waals surface area (Å²) in [5, 5.41) is 4.24. The fraction of sp³-hybridized carbons (Fsp3) is 0.308. The predicted molar refractivity (Wildman–Crippen MR) is 189 cm³/mol. The Kier molecular flexibility index (Phi) is 10.00. The van der Waals surface area contributed by atoms with E-state index in [9.17, 15) is 14.4 Å². The molecule has 4 aromatic carbocycles. The van der Waals surface area contributed by atoms with Gasteiger partial charge in [-0.15, -0.1) is 0 Å². The number of nitrogens with two attached hydrogens (primary N) is 1. The Morgan fingerprint density at radius 1 is 0.894 bits per heavy atom. The van der Waals surface area contributed by atoms with Crippen LogP contribution >= 0.6 is 23.2 Å². The fourth-order valence-corrected chi connectivity index (χ4v) is 7.55. The first kappa shape index (κ1) is 32.8. The normalized spacial score (nSPS) is 17.1. The molecule has 8 heteroatoms. The predicted octanol–water partition coefficient (Wildman–Crippen LogP) is 8.74. The number of benzene rings is 4. The van der Waals surface area contributed by atoms with Gasteiger partial charge in [0.15, 0.2) is 0 Å². The highest BCUT2D eigenvalue weighted by Gasteiger charge is 2.40. The topological polar surface area (TPSA) is 92.5 Å². The van der Waals surface area contributed by atoms with E-state index in [1.54, 1.807) is 17.0 Å². The second kappa shape index (κ2) is 14.3. The molecule has 1 fully saturated rings. The Morgan fingerprint density at radius 3 is 2.34 bits per heavy atom. The molecule has 47 heavy (non-hydrogen) atoms. The van der Waals surface area contributed by atoms with E-state index in [4.69, 9.17) is 28.9 Å². The van der Waals surface area contributed by atoms with Gasteiger partial charge in [0.2, 0.25) is 11.8 Å². The highest BCUT2D eigenvalue weighted by atomic mass is 35.5. The average Bonchev–Trinajstić information content (AvgIpc) is 3.13. The van der Waals surface area contributed by atoms with Crippen molar-refractivity contribution < 1.29 is 14.4 Å². The van der Waals surface area contributed by atoms with Crippen LogP contribution in [0.25, 0.3) is 22.3 Å². The lowest BCUT2D eigenvalue weighted by atomic mass is 9.73. The Bertz CT molecular complexity index is 1800. The molecule has 0 aromatic heterocycles. The first-order valence-corrected chi connectivity index (χ1v) is 17.1. The van der Waals surface area contributed by atoms with Gasteiger partial charge in [0.25, 0.3) is 5.91 Å². The number of hydrogen-bond acceptors (Lipinski definition) is 3. The summed E-state index contributed by atoms with van der Waals surface area (Å²) in [4.78, 5) is 43.5. The van der Waals surface area contributed by atoms with E-state index in [-0.39, 0.29) is 18.4 Å². The quantitative estimate of drug-likeness (QED) is 0.167. The molecule has 3 atom stereocenters. The number of hydrogen-bond donors (Lipinski definition) is 2. The highest BCUT2D eigenvalue weighted by molar-refractivity contribution is 6.36. The van der Waals surface area contributed by atoms with Crippen molar-refractivity contribution in [2.24, 2.45) is 23.5 Å². The van der Waals surface area contributed by atoms with E-state index in [0.29, 0.717) is 28.8 Å². The van der Waals surface area contributed by atoms with Crippen molar-refractivity contribution in [1.82, 2.24) is 5.32 Å². The molecule has 1 aliphatic carbocycles. The number of para-hydroxylation sites is 1. The number of nitrogens with one attached hydrogen (secondary N) is 1. The molecule has 1 saturated carbocycles. The van der Waals surface area contributed by atoms with Crippen LogP contribution in [0, 0.1) is 17.8 Å². The maximum Gasteiger partial charge on any atom is 0.254 e. The van der Waals surface area contributed by atoms with Crippen molar-refractivity contribution >= 4 is 46.6 Å². The molecule has 2 aliphatic rings. The van der Waals surface area contributed by atoms with Crippen molar-refractivity contribution in [2.75, 3.05) is 4.90 Å². The van der Waals surface area contributed by atoms with Gasteiger partial charge in [-0.3, -0.25) is 14.4 Å². The maximum atomic E-state index is 14.8. The number of primary amides is 1. The van der Waals surface area contributed by atoms with E-state index in [0.717, 1.165) is 64.8 Å². The highest BCUT2D eigenvalue weighted by Crippen LogP contribution is 2.42. The Balaban J connectivity index is 1.38. The van der Waals surface area contributed by atoms with Crippen LogP contribution in [0.3, 0.4) is 0 Å².